The van der Waals surface area contributed by atoms with E-state index >= 15 is 0 Å². The topological polar surface area (TPSA) is 20.2 Å². The summed E-state index contributed by atoms with van der Waals surface area (Å²) in [5, 5.41) is 10.2. The van der Waals surface area contributed by atoms with E-state index in [1.54, 1.807) is 0 Å². The minimum atomic E-state index is -0.722. The zero-order chi connectivity index (χ0) is 12.6. The molecule has 3 heteroatoms. The van der Waals surface area contributed by atoms with Gasteiger partial charge in [0.25, 0.3) is 0 Å². The molecule has 1 nitrogen and oxygen atoms in total. The van der Waals surface area contributed by atoms with E-state index in [9.17, 15) is 13.9 Å². The molecule has 0 aromatic heterocycles. The summed E-state index contributed by atoms with van der Waals surface area (Å²) in [5.41, 5.74) is 0.978. The first-order valence-corrected chi connectivity index (χ1v) is 5.35. The van der Waals surface area contributed by atoms with Crippen LogP contribution < -0.4 is 0 Å². The van der Waals surface area contributed by atoms with Crippen LogP contribution in [0.15, 0.2) is 24.8 Å². The molecule has 0 unspecified atom stereocenters. The number of benzene rings is 2. The molecule has 0 aliphatic rings. The molecule has 0 saturated carbocycles. The molecule has 0 bridgehead atoms. The standard InChI is InChI=1S/C14H12F2O/c1-3-8-7-12(17)14(16)10-5-6-11(15)9(4-2)13(8)10/h4-7,17H,2-3H2,1H3. The summed E-state index contributed by atoms with van der Waals surface area (Å²) in [5.74, 6) is -1.57. The largest absolute Gasteiger partial charge is 0.505 e. The highest BCUT2D eigenvalue weighted by molar-refractivity contribution is 5.94. The molecule has 0 saturated heterocycles. The molecule has 2 aromatic carbocycles. The Labute approximate surface area is 98.0 Å². The van der Waals surface area contributed by atoms with Gasteiger partial charge in [0.05, 0.1) is 0 Å². The predicted octanol–water partition coefficient (Wildman–Crippen LogP) is 4.03. The summed E-state index contributed by atoms with van der Waals surface area (Å²) in [6.07, 6.45) is 1.95. The van der Waals surface area contributed by atoms with Gasteiger partial charge in [-0.3, -0.25) is 0 Å². The molecule has 0 fully saturated rings. The van der Waals surface area contributed by atoms with E-state index < -0.39 is 17.4 Å². The molecule has 17 heavy (non-hydrogen) atoms. The van der Waals surface area contributed by atoms with Gasteiger partial charge in [-0.2, -0.15) is 0 Å². The number of aryl methyl sites for hydroxylation is 1. The first-order chi connectivity index (χ1) is 8.10. The van der Waals surface area contributed by atoms with Crippen LogP contribution in [0.25, 0.3) is 16.8 Å². The highest BCUT2D eigenvalue weighted by Gasteiger charge is 2.15. The molecule has 0 heterocycles. The van der Waals surface area contributed by atoms with Crippen molar-refractivity contribution in [3.8, 4) is 5.75 Å². The molecule has 88 valence electrons. The SMILES string of the molecule is C=Cc1c(F)ccc2c(F)c(O)cc(CC)c12. The molecule has 0 spiro atoms. The fourth-order valence-corrected chi connectivity index (χ4v) is 2.04. The Morgan fingerprint density at radius 2 is 2.06 bits per heavy atom. The smallest absolute Gasteiger partial charge is 0.172 e. The number of hydrogen-bond acceptors (Lipinski definition) is 1. The summed E-state index contributed by atoms with van der Waals surface area (Å²) in [6.45, 7) is 5.41. The van der Waals surface area contributed by atoms with Crippen LogP contribution in [0.5, 0.6) is 5.75 Å². The Kier molecular flexibility index (Phi) is 2.84. The third-order valence-corrected chi connectivity index (χ3v) is 2.87. The van der Waals surface area contributed by atoms with Crippen LogP contribution in [-0.4, -0.2) is 5.11 Å². The van der Waals surface area contributed by atoms with E-state index in [0.717, 1.165) is 0 Å². The number of hydrogen-bond donors (Lipinski definition) is 1. The average molecular weight is 234 g/mol. The quantitative estimate of drug-likeness (QED) is 0.831. The second-order valence-electron chi connectivity index (χ2n) is 3.81. The Bertz CT molecular complexity index is 603. The van der Waals surface area contributed by atoms with Crippen LogP contribution in [0.1, 0.15) is 18.1 Å². The monoisotopic (exact) mass is 234 g/mol. The van der Waals surface area contributed by atoms with E-state index in [4.69, 9.17) is 0 Å². The third kappa shape index (κ3) is 1.68. The lowest BCUT2D eigenvalue weighted by atomic mass is 9.96. The van der Waals surface area contributed by atoms with Crippen molar-refractivity contribution in [2.75, 3.05) is 0 Å². The zero-order valence-corrected chi connectivity index (χ0v) is 9.43. The molecule has 2 rings (SSSR count). The number of rotatable bonds is 2. The van der Waals surface area contributed by atoms with E-state index in [2.05, 4.69) is 6.58 Å². The summed E-state index contributed by atoms with van der Waals surface area (Å²) in [6, 6.07) is 3.86. The summed E-state index contributed by atoms with van der Waals surface area (Å²) >= 11 is 0. The second kappa shape index (κ2) is 4.17. The van der Waals surface area contributed by atoms with E-state index in [1.165, 1.54) is 24.3 Å². The second-order valence-corrected chi connectivity index (χ2v) is 3.81. The summed E-state index contributed by atoms with van der Waals surface area (Å²) in [4.78, 5) is 0. The highest BCUT2D eigenvalue weighted by Crippen LogP contribution is 2.33. The van der Waals surface area contributed by atoms with E-state index in [1.807, 2.05) is 6.92 Å². The number of fused-ring (bicyclic) bond motifs is 1. The number of phenols is 1. The molecule has 1 N–H and O–H groups in total. The van der Waals surface area contributed by atoms with Crippen LogP contribution in [0.2, 0.25) is 0 Å². The van der Waals surface area contributed by atoms with Gasteiger partial charge < -0.3 is 5.11 Å². The van der Waals surface area contributed by atoms with Crippen molar-refractivity contribution in [1.29, 1.82) is 0 Å². The fraction of sp³-hybridized carbons (Fsp3) is 0.143. The van der Waals surface area contributed by atoms with Gasteiger partial charge in [-0.15, -0.1) is 0 Å². The minimum absolute atomic E-state index is 0.221. The molecule has 0 atom stereocenters. The van der Waals surface area contributed by atoms with E-state index in [-0.39, 0.29) is 10.9 Å². The van der Waals surface area contributed by atoms with Crippen LogP contribution in [-0.2, 0) is 6.42 Å². The van der Waals surface area contributed by atoms with Gasteiger partial charge in [-0.25, -0.2) is 8.78 Å². The van der Waals surface area contributed by atoms with Crippen LogP contribution in [0, 0.1) is 11.6 Å². The first kappa shape index (κ1) is 11.6. The van der Waals surface area contributed by atoms with Gasteiger partial charge in [0, 0.05) is 10.9 Å². The van der Waals surface area contributed by atoms with Crippen molar-refractivity contribution in [2.45, 2.75) is 13.3 Å². The van der Waals surface area contributed by atoms with Crippen molar-refractivity contribution < 1.29 is 13.9 Å². The third-order valence-electron chi connectivity index (χ3n) is 2.87. The molecular formula is C14H12F2O. The maximum Gasteiger partial charge on any atom is 0.172 e. The maximum atomic E-state index is 13.8. The Hall–Kier alpha value is -1.90. The number of phenolic OH excluding ortho intramolecular Hbond substituents is 1. The van der Waals surface area contributed by atoms with Crippen molar-refractivity contribution in [1.82, 2.24) is 0 Å². The van der Waals surface area contributed by atoms with Crippen LogP contribution >= 0.6 is 0 Å². The number of aromatic hydroxyl groups is 1. The first-order valence-electron chi connectivity index (χ1n) is 5.35. The molecule has 0 aliphatic heterocycles. The number of halogens is 2. The molecule has 0 radical (unpaired) electrons. The molecule has 0 aliphatic carbocycles. The molecular weight excluding hydrogens is 222 g/mol. The van der Waals surface area contributed by atoms with Gasteiger partial charge in [0.15, 0.2) is 11.6 Å². The van der Waals surface area contributed by atoms with Gasteiger partial charge >= 0.3 is 0 Å². The van der Waals surface area contributed by atoms with Crippen molar-refractivity contribution in [3.05, 3.63) is 47.5 Å². The average Bonchev–Trinajstić information content (AvgIpc) is 2.33. The van der Waals surface area contributed by atoms with E-state index in [0.29, 0.717) is 17.4 Å². The van der Waals surface area contributed by atoms with Crippen LogP contribution in [0.4, 0.5) is 8.78 Å². The lowest BCUT2D eigenvalue weighted by Crippen LogP contribution is -1.94. The lowest BCUT2D eigenvalue weighted by molar-refractivity contribution is 0.435. The Balaban J connectivity index is 3.03. The maximum absolute atomic E-state index is 13.8. The lowest BCUT2D eigenvalue weighted by Gasteiger charge is -2.11. The zero-order valence-electron chi connectivity index (χ0n) is 9.43. The van der Waals surface area contributed by atoms with Crippen molar-refractivity contribution >= 4 is 16.8 Å². The van der Waals surface area contributed by atoms with Crippen molar-refractivity contribution in [2.24, 2.45) is 0 Å². The highest BCUT2D eigenvalue weighted by atomic mass is 19.1. The van der Waals surface area contributed by atoms with Gasteiger partial charge in [-0.05, 0) is 35.6 Å². The van der Waals surface area contributed by atoms with Crippen LogP contribution in [0.3, 0.4) is 0 Å². The summed E-state index contributed by atoms with van der Waals surface area (Å²) < 4.78 is 27.4. The summed E-state index contributed by atoms with van der Waals surface area (Å²) in [7, 11) is 0. The van der Waals surface area contributed by atoms with Gasteiger partial charge in [-0.1, -0.05) is 19.6 Å². The van der Waals surface area contributed by atoms with Crippen molar-refractivity contribution in [3.63, 3.8) is 0 Å². The Morgan fingerprint density at radius 1 is 1.35 bits per heavy atom. The van der Waals surface area contributed by atoms with Gasteiger partial charge in [0.1, 0.15) is 5.82 Å². The Morgan fingerprint density at radius 3 is 2.65 bits per heavy atom. The molecule has 0 amide bonds. The fourth-order valence-electron chi connectivity index (χ4n) is 2.04. The minimum Gasteiger partial charge on any atom is -0.505 e. The molecule has 2 aromatic rings. The van der Waals surface area contributed by atoms with Gasteiger partial charge in [0.2, 0.25) is 0 Å². The normalized spacial score (nSPS) is 10.8. The predicted molar refractivity (Wildman–Crippen MR) is 65.0 cm³/mol.